The summed E-state index contributed by atoms with van der Waals surface area (Å²) in [4.78, 5) is 39.3. The van der Waals surface area contributed by atoms with Crippen LogP contribution in [0.4, 0.5) is 17.6 Å². The second kappa shape index (κ2) is 29.7. The average molecular weight is 1460 g/mol. The Labute approximate surface area is 565 Å². The molecule has 0 aliphatic rings. The normalized spacial score (nSPS) is 11.0. The van der Waals surface area contributed by atoms with Crippen LogP contribution < -0.4 is 18.9 Å². The smallest absolute Gasteiger partial charge is 0.498 e. The van der Waals surface area contributed by atoms with Gasteiger partial charge in [-0.25, -0.2) is 17.6 Å². The fraction of sp³-hybridized carbons (Fsp3) is 0.136. The van der Waals surface area contributed by atoms with Crippen molar-refractivity contribution in [2.24, 2.45) is 0 Å². The Kier molecular flexibility index (Phi) is 20.6. The van der Waals surface area contributed by atoms with Crippen molar-refractivity contribution in [2.75, 3.05) is 0 Å². The Balaban J connectivity index is 0.000000176. The van der Waals surface area contributed by atoms with Crippen molar-refractivity contribution in [3.8, 4) is 45.5 Å². The number of carbonyl (C=O) groups is 2. The SMILES string of the molecule is CC(=O)CC(C)=O.Cc1ccc(OCc2c[c-]c3c(c2)c2cc(COc4ccc(C)cc4)ccc2c2nc(-c4cc(F)cc(F)c4)cnc32)cc1.Cc1ccc(OCc2c[c-]c3c(c2)c2cc(COc4ccc(C)cc4)ccc2c2nc(-c4cc(F)cc(F)c4)cnc32)cc1.[Ir+3]. The number of ketones is 2. The van der Waals surface area contributed by atoms with Crippen LogP contribution in [0, 0.1) is 63.1 Å². The van der Waals surface area contributed by atoms with E-state index in [4.69, 9.17) is 38.9 Å². The van der Waals surface area contributed by atoms with Gasteiger partial charge < -0.3 is 28.9 Å². The minimum absolute atomic E-state index is 0. The van der Waals surface area contributed by atoms with E-state index in [1.54, 1.807) is 12.4 Å². The molecule has 2 heterocycles. The van der Waals surface area contributed by atoms with Gasteiger partial charge in [0.2, 0.25) is 0 Å². The first kappa shape index (κ1) is 66.7. The van der Waals surface area contributed by atoms with Crippen molar-refractivity contribution in [3.63, 3.8) is 0 Å². The van der Waals surface area contributed by atoms with Crippen LogP contribution in [-0.4, -0.2) is 31.5 Å². The number of hydrogen-bond donors (Lipinski definition) is 0. The number of Topliss-reactive ketones (excluding diaryl/α,β-unsaturated/α-hetero) is 2. The Hall–Kier alpha value is -10.7. The number of hydrogen-bond acceptors (Lipinski definition) is 10. The second-order valence-electron chi connectivity index (χ2n) is 23.6. The van der Waals surface area contributed by atoms with Crippen LogP contribution in [0.25, 0.3) is 87.7 Å². The predicted molar refractivity (Wildman–Crippen MR) is 365 cm³/mol. The van der Waals surface area contributed by atoms with E-state index in [2.05, 4.69) is 36.4 Å². The van der Waals surface area contributed by atoms with Crippen LogP contribution >= 0.6 is 0 Å². The van der Waals surface area contributed by atoms with Crippen LogP contribution in [0.5, 0.6) is 23.0 Å². The minimum atomic E-state index is -0.669. The molecule has 0 atom stereocenters. The molecule has 0 aliphatic carbocycles. The molecular formula is C81H62F4IrN4O6+. The summed E-state index contributed by atoms with van der Waals surface area (Å²) in [5.41, 5.74) is 12.5. The third-order valence-corrected chi connectivity index (χ3v) is 15.8. The third-order valence-electron chi connectivity index (χ3n) is 15.8. The van der Waals surface area contributed by atoms with Crippen molar-refractivity contribution < 1.29 is 66.2 Å². The molecule has 0 radical (unpaired) electrons. The molecule has 10 nitrogen and oxygen atoms in total. The van der Waals surface area contributed by atoms with Crippen LogP contribution in [0.2, 0.25) is 0 Å². The van der Waals surface area contributed by atoms with Crippen molar-refractivity contribution >= 4 is 76.7 Å². The molecule has 478 valence electrons. The predicted octanol–water partition coefficient (Wildman–Crippen LogP) is 19.5. The third kappa shape index (κ3) is 16.1. The summed E-state index contributed by atoms with van der Waals surface area (Å²) in [6.07, 6.45) is 3.18. The molecule has 0 saturated carbocycles. The molecule has 2 aromatic heterocycles. The van der Waals surface area contributed by atoms with Crippen LogP contribution in [0.15, 0.2) is 207 Å². The van der Waals surface area contributed by atoms with E-state index in [9.17, 15) is 27.2 Å². The molecule has 0 unspecified atom stereocenters. The summed E-state index contributed by atoms with van der Waals surface area (Å²) < 4.78 is 80.6. The maximum absolute atomic E-state index is 14.1. The van der Waals surface area contributed by atoms with Gasteiger partial charge in [-0.15, -0.1) is 47.2 Å². The zero-order valence-corrected chi connectivity index (χ0v) is 55.6. The molecule has 0 fully saturated rings. The molecule has 0 spiro atoms. The minimum Gasteiger partial charge on any atom is -0.498 e. The van der Waals surface area contributed by atoms with E-state index < -0.39 is 23.3 Å². The van der Waals surface area contributed by atoms with Crippen LogP contribution in [0.3, 0.4) is 0 Å². The Morgan fingerprint density at radius 1 is 0.365 bits per heavy atom. The summed E-state index contributed by atoms with van der Waals surface area (Å²) >= 11 is 0. The fourth-order valence-electron chi connectivity index (χ4n) is 11.0. The number of ether oxygens (including phenoxy) is 4. The van der Waals surface area contributed by atoms with Crippen molar-refractivity contribution in [1.29, 1.82) is 0 Å². The largest absolute Gasteiger partial charge is 3.00 e. The summed E-state index contributed by atoms with van der Waals surface area (Å²) in [7, 11) is 0. The first-order chi connectivity index (χ1) is 45.9. The number of carbonyl (C=O) groups excluding carboxylic acids is 2. The van der Waals surface area contributed by atoms with Gasteiger partial charge in [-0.1, -0.05) is 140 Å². The number of nitrogens with zero attached hydrogens (tertiary/aromatic N) is 4. The quantitative estimate of drug-likeness (QED) is 0.0400. The Morgan fingerprint density at radius 2 is 0.667 bits per heavy atom. The van der Waals surface area contributed by atoms with Gasteiger partial charge in [-0.2, -0.15) is 0 Å². The molecule has 15 heteroatoms. The van der Waals surface area contributed by atoms with E-state index in [1.165, 1.54) is 60.4 Å². The molecule has 0 bridgehead atoms. The summed E-state index contributed by atoms with van der Waals surface area (Å²) in [6.45, 7) is 12.5. The Bertz CT molecular complexity index is 4850. The summed E-state index contributed by atoms with van der Waals surface area (Å²) in [5, 5.41) is 7.12. The zero-order valence-electron chi connectivity index (χ0n) is 53.2. The van der Waals surface area contributed by atoms with Crippen LogP contribution in [-0.2, 0) is 56.1 Å². The van der Waals surface area contributed by atoms with Gasteiger partial charge in [-0.05, 0) is 136 Å². The van der Waals surface area contributed by atoms with Gasteiger partial charge in [0.15, 0.2) is 0 Å². The van der Waals surface area contributed by atoms with Gasteiger partial charge in [0.1, 0.15) is 71.0 Å². The average Bonchev–Trinajstić information content (AvgIpc) is 0.744. The second-order valence-corrected chi connectivity index (χ2v) is 23.6. The maximum Gasteiger partial charge on any atom is 3.00 e. The van der Waals surface area contributed by atoms with E-state index in [1.807, 2.05) is 161 Å². The molecule has 12 aromatic carbocycles. The molecule has 14 rings (SSSR count). The zero-order chi connectivity index (χ0) is 66.3. The van der Waals surface area contributed by atoms with Crippen molar-refractivity contribution in [1.82, 2.24) is 19.9 Å². The number of aromatic nitrogens is 4. The number of halogens is 4. The van der Waals surface area contributed by atoms with Gasteiger partial charge in [-0.3, -0.25) is 19.6 Å². The van der Waals surface area contributed by atoms with Gasteiger partial charge in [0.25, 0.3) is 0 Å². The van der Waals surface area contributed by atoms with E-state index >= 15 is 0 Å². The molecule has 0 aliphatic heterocycles. The van der Waals surface area contributed by atoms with E-state index in [0.29, 0.717) is 71.0 Å². The molecule has 0 N–H and O–H groups in total. The molecule has 0 amide bonds. The number of fused-ring (bicyclic) bond motifs is 12. The van der Waals surface area contributed by atoms with Gasteiger partial charge in [0, 0.05) is 46.7 Å². The van der Waals surface area contributed by atoms with Gasteiger partial charge in [0.05, 0.1) is 42.1 Å². The van der Waals surface area contributed by atoms with Crippen molar-refractivity contribution in [2.45, 2.75) is 74.4 Å². The van der Waals surface area contributed by atoms with E-state index in [0.717, 1.165) is 100 Å². The monoisotopic (exact) mass is 1460 g/mol. The van der Waals surface area contributed by atoms with Crippen LogP contribution in [0.1, 0.15) is 64.8 Å². The molecular weight excluding hydrogens is 1390 g/mol. The summed E-state index contributed by atoms with van der Waals surface area (Å²) in [5.74, 6) is 0.369. The molecule has 14 aromatic rings. The topological polar surface area (TPSA) is 123 Å². The fourth-order valence-corrected chi connectivity index (χ4v) is 11.0. The first-order valence-corrected chi connectivity index (χ1v) is 30.7. The molecule has 96 heavy (non-hydrogen) atoms. The first-order valence-electron chi connectivity index (χ1n) is 30.7. The number of benzene rings is 12. The number of aryl methyl sites for hydroxylation is 4. The maximum atomic E-state index is 14.1. The van der Waals surface area contributed by atoms with Crippen molar-refractivity contribution in [3.05, 3.63) is 286 Å². The molecule has 0 saturated heterocycles. The number of rotatable bonds is 16. The summed E-state index contributed by atoms with van der Waals surface area (Å²) in [6, 6.07) is 65.6. The standard InChI is InChI=1S/2C38H27F2N2O2.C5H8O2.Ir/c2*1-23-3-9-30(10-4-23)43-21-25-7-13-32-34(15-25)35-16-26(22-44-31-11-5-24(2)6-12-31)8-14-33(35)38-37(32)41-20-36(42-38)27-17-28(39)19-29(40)18-27;1-4(6)3-5(2)7;/h2*3-12,14-20H,21-22H2,1-2H3;3H2,1-2H3;/q2*-1;;+3. The van der Waals surface area contributed by atoms with Gasteiger partial charge >= 0.3 is 20.1 Å². The Morgan fingerprint density at radius 3 is 0.969 bits per heavy atom. The van der Waals surface area contributed by atoms with E-state index in [-0.39, 0.29) is 38.1 Å².